The van der Waals surface area contributed by atoms with E-state index in [1.807, 2.05) is 13.0 Å². The van der Waals surface area contributed by atoms with Crippen LogP contribution in [0.15, 0.2) is 4.42 Å². The summed E-state index contributed by atoms with van der Waals surface area (Å²) in [5.41, 5.74) is 6.69. The number of aromatic nitrogens is 1. The van der Waals surface area contributed by atoms with E-state index in [1.165, 1.54) is 12.8 Å². The Bertz CT molecular complexity index is 523. The molecule has 1 unspecified atom stereocenters. The maximum atomic E-state index is 6.09. The zero-order valence-electron chi connectivity index (χ0n) is 10.3. The monoisotopic (exact) mass is 233 g/mol. The molecule has 1 aliphatic heterocycles. The van der Waals surface area contributed by atoms with Crippen molar-refractivity contribution in [1.29, 1.82) is 0 Å². The smallest absolute Gasteiger partial charge is 0.209 e. The molecule has 4 heteroatoms. The molecule has 92 valence electrons. The van der Waals surface area contributed by atoms with E-state index >= 15 is 0 Å². The molecule has 1 saturated heterocycles. The number of hydrogen-bond donors (Lipinski definition) is 1. The van der Waals surface area contributed by atoms with Crippen LogP contribution in [-0.4, -0.2) is 28.5 Å². The first-order chi connectivity index (χ1) is 8.12. The number of likely N-dealkylation sites (tertiary alicyclic amines) is 1. The van der Waals surface area contributed by atoms with Crippen molar-refractivity contribution in [2.24, 2.45) is 5.73 Å². The Morgan fingerprint density at radius 2 is 2.24 bits per heavy atom. The van der Waals surface area contributed by atoms with Crippen molar-refractivity contribution in [1.82, 2.24) is 9.88 Å². The fraction of sp³-hybridized carbons (Fsp3) is 0.615. The lowest BCUT2D eigenvalue weighted by molar-refractivity contribution is 0.287. The van der Waals surface area contributed by atoms with Crippen molar-refractivity contribution in [2.75, 3.05) is 13.1 Å². The molecule has 1 atom stereocenters. The van der Waals surface area contributed by atoms with Gasteiger partial charge in [-0.1, -0.05) is 0 Å². The zero-order valence-corrected chi connectivity index (χ0v) is 10.3. The van der Waals surface area contributed by atoms with E-state index in [1.54, 1.807) is 0 Å². The van der Waals surface area contributed by atoms with Crippen molar-refractivity contribution < 1.29 is 4.42 Å². The number of fused-ring (bicyclic) bond motifs is 1. The van der Waals surface area contributed by atoms with Gasteiger partial charge in [-0.15, -0.1) is 0 Å². The van der Waals surface area contributed by atoms with E-state index < -0.39 is 0 Å². The highest BCUT2D eigenvalue weighted by Gasteiger charge is 2.20. The molecule has 2 heterocycles. The van der Waals surface area contributed by atoms with Crippen LogP contribution in [0.1, 0.15) is 32.1 Å². The third-order valence-corrected chi connectivity index (χ3v) is 3.48. The maximum Gasteiger partial charge on any atom is 0.209 e. The highest BCUT2D eigenvalue weighted by atomic mass is 16.3. The SMILES string of the molecule is CC1(N)C=c2nc(CN3CCCC3)oc2=CC1. The van der Waals surface area contributed by atoms with Crippen molar-refractivity contribution in [3.05, 3.63) is 16.7 Å². The van der Waals surface area contributed by atoms with Gasteiger partial charge in [0.05, 0.1) is 6.54 Å². The largest absolute Gasteiger partial charge is 0.440 e. The van der Waals surface area contributed by atoms with E-state index in [2.05, 4.69) is 16.0 Å². The third kappa shape index (κ3) is 2.28. The topological polar surface area (TPSA) is 55.3 Å². The summed E-state index contributed by atoms with van der Waals surface area (Å²) in [6.07, 6.45) is 7.46. The maximum absolute atomic E-state index is 6.09. The molecule has 1 aromatic rings. The van der Waals surface area contributed by atoms with Crippen LogP contribution >= 0.6 is 0 Å². The molecule has 0 radical (unpaired) electrons. The van der Waals surface area contributed by atoms with E-state index in [0.29, 0.717) is 0 Å². The fourth-order valence-corrected chi connectivity index (χ4v) is 2.52. The Morgan fingerprint density at radius 3 is 3.00 bits per heavy atom. The van der Waals surface area contributed by atoms with E-state index in [-0.39, 0.29) is 5.54 Å². The van der Waals surface area contributed by atoms with Gasteiger partial charge >= 0.3 is 0 Å². The summed E-state index contributed by atoms with van der Waals surface area (Å²) in [5.74, 6) is 0.821. The number of nitrogens with zero attached hydrogens (tertiary/aromatic N) is 2. The lowest BCUT2D eigenvalue weighted by Gasteiger charge is -2.18. The van der Waals surface area contributed by atoms with Gasteiger partial charge in [-0.25, -0.2) is 4.98 Å². The van der Waals surface area contributed by atoms with Crippen LogP contribution in [0.3, 0.4) is 0 Å². The van der Waals surface area contributed by atoms with Crippen molar-refractivity contribution in [3.63, 3.8) is 0 Å². The normalized spacial score (nSPS) is 28.6. The van der Waals surface area contributed by atoms with Crippen LogP contribution in [0.2, 0.25) is 0 Å². The molecule has 1 aliphatic carbocycles. The minimum absolute atomic E-state index is 0.283. The summed E-state index contributed by atoms with van der Waals surface area (Å²) in [5, 5.41) is 0.912. The van der Waals surface area contributed by atoms with Gasteiger partial charge in [0, 0.05) is 5.54 Å². The van der Waals surface area contributed by atoms with Gasteiger partial charge in [-0.05, 0) is 51.4 Å². The molecule has 0 bridgehead atoms. The summed E-state index contributed by atoms with van der Waals surface area (Å²) in [7, 11) is 0. The lowest BCUT2D eigenvalue weighted by Crippen LogP contribution is -2.41. The van der Waals surface area contributed by atoms with Crippen LogP contribution < -0.4 is 16.5 Å². The van der Waals surface area contributed by atoms with Gasteiger partial charge in [0.25, 0.3) is 0 Å². The third-order valence-electron chi connectivity index (χ3n) is 3.48. The second-order valence-electron chi connectivity index (χ2n) is 5.40. The van der Waals surface area contributed by atoms with Gasteiger partial charge in [-0.2, -0.15) is 0 Å². The highest BCUT2D eigenvalue weighted by molar-refractivity contribution is 5.43. The van der Waals surface area contributed by atoms with Gasteiger partial charge < -0.3 is 10.2 Å². The van der Waals surface area contributed by atoms with Crippen LogP contribution in [0.5, 0.6) is 0 Å². The molecule has 4 nitrogen and oxygen atoms in total. The Balaban J connectivity index is 1.87. The summed E-state index contributed by atoms with van der Waals surface area (Å²) in [6, 6.07) is 0. The van der Waals surface area contributed by atoms with Crippen LogP contribution in [0.25, 0.3) is 12.2 Å². The number of nitrogens with two attached hydrogens (primary N) is 1. The molecule has 1 aromatic heterocycles. The molecule has 0 aromatic carbocycles. The first-order valence-corrected chi connectivity index (χ1v) is 6.32. The molecule has 0 saturated carbocycles. The molecule has 0 amide bonds. The van der Waals surface area contributed by atoms with Crippen molar-refractivity contribution >= 4 is 12.2 Å². The minimum atomic E-state index is -0.283. The van der Waals surface area contributed by atoms with Gasteiger partial charge in [-0.3, -0.25) is 4.90 Å². The first-order valence-electron chi connectivity index (χ1n) is 6.32. The standard InChI is InChI=1S/C13H19N3O/c1-13(14)5-4-11-10(8-13)15-12(17-11)9-16-6-2-3-7-16/h4,8H,2-3,5-7,9,14H2,1H3. The van der Waals surface area contributed by atoms with Crippen molar-refractivity contribution in [2.45, 2.75) is 38.3 Å². The second-order valence-corrected chi connectivity index (χ2v) is 5.40. The highest BCUT2D eigenvalue weighted by Crippen LogP contribution is 2.12. The quantitative estimate of drug-likeness (QED) is 0.778. The Kier molecular flexibility index (Phi) is 2.56. The molecule has 2 N–H and O–H groups in total. The molecule has 1 fully saturated rings. The van der Waals surface area contributed by atoms with Gasteiger partial charge in [0.1, 0.15) is 5.35 Å². The average Bonchev–Trinajstić information content (AvgIpc) is 2.85. The van der Waals surface area contributed by atoms with Gasteiger partial charge in [0.2, 0.25) is 5.89 Å². The average molecular weight is 233 g/mol. The van der Waals surface area contributed by atoms with E-state index in [9.17, 15) is 0 Å². The Morgan fingerprint density at radius 1 is 1.47 bits per heavy atom. The van der Waals surface area contributed by atoms with E-state index in [4.69, 9.17) is 10.2 Å². The number of oxazole rings is 1. The predicted molar refractivity (Wildman–Crippen MR) is 66.4 cm³/mol. The Labute approximate surface area is 101 Å². The van der Waals surface area contributed by atoms with Gasteiger partial charge in [0.15, 0.2) is 5.42 Å². The summed E-state index contributed by atoms with van der Waals surface area (Å²) < 4.78 is 5.77. The molecule has 0 spiro atoms. The van der Waals surface area contributed by atoms with Crippen LogP contribution in [0.4, 0.5) is 0 Å². The number of hydrogen-bond acceptors (Lipinski definition) is 4. The minimum Gasteiger partial charge on any atom is -0.440 e. The molecular weight excluding hydrogens is 214 g/mol. The molecule has 3 rings (SSSR count). The molecule has 2 aliphatic rings. The van der Waals surface area contributed by atoms with Crippen molar-refractivity contribution in [3.8, 4) is 0 Å². The fourth-order valence-electron chi connectivity index (χ4n) is 2.52. The van der Waals surface area contributed by atoms with Crippen LogP contribution in [-0.2, 0) is 6.54 Å². The van der Waals surface area contributed by atoms with Crippen LogP contribution in [0, 0.1) is 0 Å². The predicted octanol–water partition coefficient (Wildman–Crippen LogP) is -0.0475. The molecule has 17 heavy (non-hydrogen) atoms. The first kappa shape index (κ1) is 11.0. The lowest BCUT2D eigenvalue weighted by atomic mass is 9.96. The Hall–Kier alpha value is -1.13. The molecular formula is C13H19N3O. The number of rotatable bonds is 2. The summed E-state index contributed by atoms with van der Waals surface area (Å²) in [4.78, 5) is 6.92. The summed E-state index contributed by atoms with van der Waals surface area (Å²) >= 11 is 0. The summed E-state index contributed by atoms with van der Waals surface area (Å²) in [6.45, 7) is 5.17. The second kappa shape index (κ2) is 3.96. The zero-order chi connectivity index (χ0) is 11.9. The van der Waals surface area contributed by atoms with E-state index in [0.717, 1.165) is 42.7 Å².